The predicted molar refractivity (Wildman–Crippen MR) is 153 cm³/mol. The van der Waals surface area contributed by atoms with Gasteiger partial charge in [0.1, 0.15) is 67.6 Å². The Balaban J connectivity index is 1.45. The van der Waals surface area contributed by atoms with Gasteiger partial charge in [-0.05, 0) is 12.0 Å². The first-order valence-electron chi connectivity index (χ1n) is 14.9. The number of aliphatic hydroxyl groups is 7. The number of hydrogen-bond acceptors (Lipinski definition) is 16. The van der Waals surface area contributed by atoms with E-state index in [2.05, 4.69) is 10.6 Å². The summed E-state index contributed by atoms with van der Waals surface area (Å²) in [5.41, 5.74) is 12.9. The average Bonchev–Trinajstić information content (AvgIpc) is 3.03. The number of ether oxygens (including phenoxy) is 5. The van der Waals surface area contributed by atoms with Gasteiger partial charge in [0.25, 0.3) is 0 Å². The van der Waals surface area contributed by atoms with Crippen molar-refractivity contribution < 1.29 is 69.0 Å². The van der Waals surface area contributed by atoms with Gasteiger partial charge in [-0.1, -0.05) is 30.3 Å². The molecule has 1 aromatic rings. The van der Waals surface area contributed by atoms with Crippen LogP contribution >= 0.6 is 0 Å². The number of carbonyl (C=O) groups excluding carboxylic acids is 2. The molecule has 0 bridgehead atoms. The Morgan fingerprint density at radius 3 is 2.13 bits per heavy atom. The molecule has 13 N–H and O–H groups in total. The van der Waals surface area contributed by atoms with Crippen LogP contribution in [0, 0.1) is 0 Å². The molecule has 1 aromatic carbocycles. The Hall–Kier alpha value is -2.56. The third-order valence-corrected chi connectivity index (χ3v) is 8.26. The van der Waals surface area contributed by atoms with E-state index in [0.717, 1.165) is 5.56 Å². The number of nitrogens with one attached hydrogen (secondary N) is 2. The molecule has 18 nitrogen and oxygen atoms in total. The maximum absolute atomic E-state index is 12.3. The van der Waals surface area contributed by atoms with Gasteiger partial charge in [0.15, 0.2) is 12.6 Å². The number of benzene rings is 1. The molecule has 260 valence electrons. The molecule has 15 atom stereocenters. The lowest BCUT2D eigenvalue weighted by Crippen LogP contribution is -2.69. The number of carbonyl (C=O) groups is 2. The van der Waals surface area contributed by atoms with Crippen molar-refractivity contribution in [2.75, 3.05) is 13.2 Å². The number of rotatable bonds is 10. The molecule has 46 heavy (non-hydrogen) atoms. The smallest absolute Gasteiger partial charge is 0.407 e. The zero-order chi connectivity index (χ0) is 33.7. The van der Waals surface area contributed by atoms with Crippen LogP contribution in [0.2, 0.25) is 0 Å². The third kappa shape index (κ3) is 8.47. The average molecular weight is 661 g/mol. The molecule has 2 amide bonds. The van der Waals surface area contributed by atoms with E-state index in [4.69, 9.17) is 35.2 Å². The first kappa shape index (κ1) is 36.3. The second kappa shape index (κ2) is 16.0. The van der Waals surface area contributed by atoms with E-state index >= 15 is 0 Å². The summed E-state index contributed by atoms with van der Waals surface area (Å²) in [6, 6.07) is 5.64. The number of amides is 2. The Morgan fingerprint density at radius 2 is 1.48 bits per heavy atom. The summed E-state index contributed by atoms with van der Waals surface area (Å²) in [4.78, 5) is 24.3. The Labute approximate surface area is 264 Å². The molecule has 3 fully saturated rings. The van der Waals surface area contributed by atoms with Gasteiger partial charge in [-0.15, -0.1) is 0 Å². The standard InChI is InChI=1S/C28H44N4O14/c1-11(34)32-14-7-13(29)24(45-26-20(37)17(30)18(35)16(9-33)44-26)23(40)25(14)46-27-22(39)21(38)19(36)15(43-27)8-31-28(41)42-10-12-5-3-2-4-6-12/h2-6,13-27,33,35-40H,7-10,29-30H2,1H3,(H,31,41)(H,32,34)/t13-,14?,15?,16?,17?,18-,19-,20-,21+,22?,23-,24?,25-,26-,27-/m1/s1. The number of nitrogens with two attached hydrogens (primary N) is 2. The lowest BCUT2D eigenvalue weighted by Gasteiger charge is -2.48. The fraction of sp³-hybridized carbons (Fsp3) is 0.714. The van der Waals surface area contributed by atoms with Crippen LogP contribution in [0.15, 0.2) is 30.3 Å². The highest BCUT2D eigenvalue weighted by Crippen LogP contribution is 2.32. The number of aliphatic hydroxyl groups excluding tert-OH is 7. The Morgan fingerprint density at radius 1 is 0.848 bits per heavy atom. The van der Waals surface area contributed by atoms with E-state index in [1.807, 2.05) is 0 Å². The molecule has 3 aliphatic rings. The Bertz CT molecular complexity index is 1140. The normalized spacial score (nSPS) is 41.4. The van der Waals surface area contributed by atoms with E-state index in [1.54, 1.807) is 30.3 Å². The molecule has 4 rings (SSSR count). The summed E-state index contributed by atoms with van der Waals surface area (Å²) in [5.74, 6) is -0.509. The molecule has 0 aromatic heterocycles. The monoisotopic (exact) mass is 660 g/mol. The minimum Gasteiger partial charge on any atom is -0.445 e. The molecule has 0 spiro atoms. The first-order chi connectivity index (χ1) is 21.8. The zero-order valence-electron chi connectivity index (χ0n) is 25.0. The van der Waals surface area contributed by atoms with Gasteiger partial charge < -0.3 is 81.5 Å². The predicted octanol–water partition coefficient (Wildman–Crippen LogP) is -5.15. The van der Waals surface area contributed by atoms with Gasteiger partial charge in [0.2, 0.25) is 5.91 Å². The largest absolute Gasteiger partial charge is 0.445 e. The van der Waals surface area contributed by atoms with E-state index < -0.39 is 110 Å². The molecule has 1 aliphatic carbocycles. The van der Waals surface area contributed by atoms with E-state index in [1.165, 1.54) is 6.92 Å². The first-order valence-corrected chi connectivity index (χ1v) is 14.9. The van der Waals surface area contributed by atoms with Crippen LogP contribution in [0.5, 0.6) is 0 Å². The van der Waals surface area contributed by atoms with E-state index in [9.17, 15) is 45.3 Å². The Kier molecular flexibility index (Phi) is 12.6. The molecular formula is C28H44N4O14. The van der Waals surface area contributed by atoms with Crippen molar-refractivity contribution in [1.29, 1.82) is 0 Å². The summed E-state index contributed by atoms with van der Waals surface area (Å²) in [6.45, 7) is 0.172. The molecule has 0 radical (unpaired) electrons. The van der Waals surface area contributed by atoms with Crippen LogP contribution in [0.25, 0.3) is 0 Å². The maximum atomic E-state index is 12.3. The van der Waals surface area contributed by atoms with Gasteiger partial charge in [-0.2, -0.15) is 0 Å². The van der Waals surface area contributed by atoms with Crippen molar-refractivity contribution in [2.45, 2.75) is 112 Å². The highest BCUT2D eigenvalue weighted by Gasteiger charge is 2.52. The molecular weight excluding hydrogens is 616 g/mol. The van der Waals surface area contributed by atoms with Gasteiger partial charge in [0.05, 0.1) is 18.7 Å². The fourth-order valence-electron chi connectivity index (χ4n) is 5.69. The second-order valence-corrected chi connectivity index (χ2v) is 11.6. The van der Waals surface area contributed by atoms with Crippen molar-refractivity contribution in [1.82, 2.24) is 10.6 Å². The second-order valence-electron chi connectivity index (χ2n) is 11.6. The van der Waals surface area contributed by atoms with Crippen molar-refractivity contribution in [2.24, 2.45) is 11.5 Å². The quantitative estimate of drug-likeness (QED) is 0.112. The van der Waals surface area contributed by atoms with Gasteiger partial charge in [0, 0.05) is 19.5 Å². The fourth-order valence-corrected chi connectivity index (χ4v) is 5.69. The number of hydrogen-bond donors (Lipinski definition) is 11. The van der Waals surface area contributed by atoms with Crippen molar-refractivity contribution in [3.8, 4) is 0 Å². The lowest BCUT2D eigenvalue weighted by molar-refractivity contribution is -0.333. The minimum atomic E-state index is -1.84. The van der Waals surface area contributed by atoms with Crippen LogP contribution in [-0.2, 0) is 35.1 Å². The van der Waals surface area contributed by atoms with Crippen LogP contribution in [0.1, 0.15) is 18.9 Å². The molecule has 2 aliphatic heterocycles. The van der Waals surface area contributed by atoms with Crippen molar-refractivity contribution in [3.05, 3.63) is 35.9 Å². The SMILES string of the molecule is CC(=O)NC1C[C@@H](N)C(O[C@H]2OC(CO)[C@@H](O)C(N)[C@H]2O)[C@@H](O)[C@@H]1O[C@H]1OC(CNC(=O)OCc2ccccc2)[C@@H](O)[C@H](O)C1O. The molecule has 2 heterocycles. The highest BCUT2D eigenvalue weighted by atomic mass is 16.7. The van der Waals surface area contributed by atoms with E-state index in [-0.39, 0.29) is 19.6 Å². The van der Waals surface area contributed by atoms with Crippen molar-refractivity contribution >= 4 is 12.0 Å². The van der Waals surface area contributed by atoms with Crippen LogP contribution in [0.4, 0.5) is 4.79 Å². The summed E-state index contributed by atoms with van der Waals surface area (Å²) in [7, 11) is 0. The summed E-state index contributed by atoms with van der Waals surface area (Å²) in [5, 5.41) is 78.5. The lowest BCUT2D eigenvalue weighted by atomic mass is 9.83. The summed E-state index contributed by atoms with van der Waals surface area (Å²) >= 11 is 0. The van der Waals surface area contributed by atoms with E-state index in [0.29, 0.717) is 0 Å². The minimum absolute atomic E-state index is 0.0284. The van der Waals surface area contributed by atoms with Gasteiger partial charge in [-0.25, -0.2) is 4.79 Å². The van der Waals surface area contributed by atoms with Crippen LogP contribution < -0.4 is 22.1 Å². The topological polar surface area (TPSA) is 298 Å². The molecule has 1 saturated carbocycles. The molecule has 6 unspecified atom stereocenters. The third-order valence-electron chi connectivity index (χ3n) is 8.26. The zero-order valence-corrected chi connectivity index (χ0v) is 25.0. The molecule has 18 heteroatoms. The number of alkyl carbamates (subject to hydrolysis) is 1. The van der Waals surface area contributed by atoms with Crippen LogP contribution in [-0.4, -0.2) is 153 Å². The summed E-state index contributed by atoms with van der Waals surface area (Å²) < 4.78 is 28.0. The van der Waals surface area contributed by atoms with Gasteiger partial charge in [-0.3, -0.25) is 4.79 Å². The molecule has 2 saturated heterocycles. The van der Waals surface area contributed by atoms with Crippen LogP contribution in [0.3, 0.4) is 0 Å². The van der Waals surface area contributed by atoms with Gasteiger partial charge >= 0.3 is 6.09 Å². The summed E-state index contributed by atoms with van der Waals surface area (Å²) in [6.07, 6.45) is -19.4. The highest BCUT2D eigenvalue weighted by molar-refractivity contribution is 5.73. The van der Waals surface area contributed by atoms with Crippen molar-refractivity contribution in [3.63, 3.8) is 0 Å². The maximum Gasteiger partial charge on any atom is 0.407 e.